The summed E-state index contributed by atoms with van der Waals surface area (Å²) in [5.41, 5.74) is 0.745. The minimum Gasteiger partial charge on any atom is -0.420 e. The van der Waals surface area contributed by atoms with Crippen molar-refractivity contribution >= 4 is 5.91 Å². The molecule has 1 fully saturated rings. The zero-order chi connectivity index (χ0) is 18.8. The maximum Gasteiger partial charge on any atom is 0.256 e. The van der Waals surface area contributed by atoms with Gasteiger partial charge in [-0.2, -0.15) is 0 Å². The molecular formula is C20H17F2N3O2. The van der Waals surface area contributed by atoms with Gasteiger partial charge >= 0.3 is 0 Å². The van der Waals surface area contributed by atoms with Crippen molar-refractivity contribution in [1.82, 2.24) is 15.1 Å². The van der Waals surface area contributed by atoms with Crippen LogP contribution < -0.4 is 0 Å². The highest BCUT2D eigenvalue weighted by Gasteiger charge is 2.28. The summed E-state index contributed by atoms with van der Waals surface area (Å²) in [4.78, 5) is 14.1. The number of halogens is 2. The Morgan fingerprint density at radius 2 is 1.70 bits per heavy atom. The largest absolute Gasteiger partial charge is 0.420 e. The normalized spacial score (nSPS) is 15.1. The molecule has 4 rings (SSSR count). The van der Waals surface area contributed by atoms with Crippen LogP contribution in [0.1, 0.15) is 35.0 Å². The summed E-state index contributed by atoms with van der Waals surface area (Å²) in [6.07, 6.45) is 1.32. The van der Waals surface area contributed by atoms with Crippen LogP contribution in [-0.4, -0.2) is 34.1 Å². The molecule has 1 aliphatic rings. The molecule has 27 heavy (non-hydrogen) atoms. The van der Waals surface area contributed by atoms with Crippen LogP contribution in [0.25, 0.3) is 11.5 Å². The second kappa shape index (κ2) is 7.26. The first-order chi connectivity index (χ1) is 13.1. The van der Waals surface area contributed by atoms with Gasteiger partial charge in [0.2, 0.25) is 11.8 Å². The van der Waals surface area contributed by atoms with Crippen LogP contribution in [0.3, 0.4) is 0 Å². The fourth-order valence-corrected chi connectivity index (χ4v) is 3.24. The molecule has 138 valence electrons. The number of aromatic nitrogens is 2. The number of hydrogen-bond donors (Lipinski definition) is 0. The number of carbonyl (C=O) groups is 1. The fraction of sp³-hybridized carbons (Fsp3) is 0.250. The summed E-state index contributed by atoms with van der Waals surface area (Å²) in [5, 5.41) is 8.14. The molecule has 1 aromatic heterocycles. The lowest BCUT2D eigenvalue weighted by molar-refractivity contribution is 0.0701. The van der Waals surface area contributed by atoms with E-state index in [1.54, 1.807) is 29.2 Å². The molecule has 1 saturated heterocycles. The number of likely N-dealkylation sites (tertiary alicyclic amines) is 1. The maximum atomic E-state index is 13.8. The van der Waals surface area contributed by atoms with Gasteiger partial charge in [-0.15, -0.1) is 10.2 Å². The monoisotopic (exact) mass is 369 g/mol. The molecule has 0 unspecified atom stereocenters. The number of rotatable bonds is 3. The van der Waals surface area contributed by atoms with Gasteiger partial charge in [-0.05, 0) is 49.2 Å². The predicted octanol–water partition coefficient (Wildman–Crippen LogP) is 4.03. The van der Waals surface area contributed by atoms with Gasteiger partial charge in [0, 0.05) is 24.6 Å². The molecule has 0 radical (unpaired) electrons. The third kappa shape index (κ3) is 3.58. The van der Waals surface area contributed by atoms with Crippen LogP contribution in [-0.2, 0) is 0 Å². The van der Waals surface area contributed by atoms with Gasteiger partial charge in [0.15, 0.2) is 0 Å². The van der Waals surface area contributed by atoms with E-state index < -0.39 is 5.82 Å². The van der Waals surface area contributed by atoms with Crippen molar-refractivity contribution in [3.63, 3.8) is 0 Å². The lowest BCUT2D eigenvalue weighted by atomic mass is 9.96. The van der Waals surface area contributed by atoms with Crippen molar-refractivity contribution in [2.75, 3.05) is 13.1 Å². The summed E-state index contributed by atoms with van der Waals surface area (Å²) >= 11 is 0. The van der Waals surface area contributed by atoms with E-state index in [1.807, 2.05) is 0 Å². The molecule has 0 spiro atoms. The lowest BCUT2D eigenvalue weighted by Crippen LogP contribution is -2.38. The molecule has 0 bridgehead atoms. The van der Waals surface area contributed by atoms with Crippen molar-refractivity contribution in [2.45, 2.75) is 18.8 Å². The Hall–Kier alpha value is -3.09. The maximum absolute atomic E-state index is 13.8. The molecule has 0 N–H and O–H groups in total. The molecule has 2 aromatic carbocycles. The van der Waals surface area contributed by atoms with E-state index in [9.17, 15) is 13.6 Å². The molecule has 1 amide bonds. The number of benzene rings is 2. The zero-order valence-electron chi connectivity index (χ0n) is 14.4. The average molecular weight is 369 g/mol. The Morgan fingerprint density at radius 3 is 2.41 bits per heavy atom. The van der Waals surface area contributed by atoms with E-state index in [1.165, 1.54) is 24.3 Å². The molecule has 0 atom stereocenters. The van der Waals surface area contributed by atoms with Gasteiger partial charge in [0.25, 0.3) is 5.91 Å². The van der Waals surface area contributed by atoms with Crippen LogP contribution >= 0.6 is 0 Å². The summed E-state index contributed by atoms with van der Waals surface area (Å²) in [6.45, 7) is 0.984. The van der Waals surface area contributed by atoms with Gasteiger partial charge in [-0.3, -0.25) is 4.79 Å². The smallest absolute Gasteiger partial charge is 0.256 e. The quantitative estimate of drug-likeness (QED) is 0.699. The van der Waals surface area contributed by atoms with E-state index in [0.717, 1.165) is 0 Å². The van der Waals surface area contributed by atoms with E-state index in [4.69, 9.17) is 4.42 Å². The lowest BCUT2D eigenvalue weighted by Gasteiger charge is -2.30. The third-order valence-corrected chi connectivity index (χ3v) is 4.77. The number of hydrogen-bond acceptors (Lipinski definition) is 4. The van der Waals surface area contributed by atoms with E-state index >= 15 is 0 Å². The van der Waals surface area contributed by atoms with Crippen molar-refractivity contribution in [1.29, 1.82) is 0 Å². The Balaban J connectivity index is 1.42. The second-order valence-corrected chi connectivity index (χ2v) is 6.50. The first kappa shape index (κ1) is 17.3. The van der Waals surface area contributed by atoms with Crippen LogP contribution in [0.15, 0.2) is 52.9 Å². The van der Waals surface area contributed by atoms with E-state index in [0.29, 0.717) is 43.3 Å². The third-order valence-electron chi connectivity index (χ3n) is 4.77. The average Bonchev–Trinajstić information content (AvgIpc) is 3.19. The molecule has 5 nitrogen and oxygen atoms in total. The summed E-state index contributed by atoms with van der Waals surface area (Å²) in [5.74, 6) is -0.251. The highest BCUT2D eigenvalue weighted by molar-refractivity contribution is 5.94. The highest BCUT2D eigenvalue weighted by atomic mass is 19.1. The Morgan fingerprint density at radius 1 is 1.00 bits per heavy atom. The Labute approximate surface area is 154 Å². The van der Waals surface area contributed by atoms with Crippen molar-refractivity contribution in [2.24, 2.45) is 0 Å². The van der Waals surface area contributed by atoms with E-state index in [2.05, 4.69) is 10.2 Å². The van der Waals surface area contributed by atoms with Crippen LogP contribution in [0.5, 0.6) is 0 Å². The SMILES string of the molecule is O=C(c1ccccc1F)N1CCC(c2nnc(-c3ccc(F)cc3)o2)CC1. The molecule has 2 heterocycles. The molecule has 7 heteroatoms. The first-order valence-corrected chi connectivity index (χ1v) is 8.75. The van der Waals surface area contributed by atoms with Gasteiger partial charge in [0.05, 0.1) is 5.56 Å². The minimum atomic E-state index is -0.509. The molecular weight excluding hydrogens is 352 g/mol. The van der Waals surface area contributed by atoms with Crippen LogP contribution in [0, 0.1) is 11.6 Å². The van der Waals surface area contributed by atoms with Crippen molar-refractivity contribution in [3.05, 3.63) is 71.6 Å². The van der Waals surface area contributed by atoms with E-state index in [-0.39, 0.29) is 23.2 Å². The number of carbonyl (C=O) groups excluding carboxylic acids is 1. The molecule has 3 aromatic rings. The summed E-state index contributed by atoms with van der Waals surface area (Å²) in [7, 11) is 0. The highest BCUT2D eigenvalue weighted by Crippen LogP contribution is 2.30. The first-order valence-electron chi connectivity index (χ1n) is 8.75. The van der Waals surface area contributed by atoms with Crippen LogP contribution in [0.2, 0.25) is 0 Å². The fourth-order valence-electron chi connectivity index (χ4n) is 3.24. The number of piperidine rings is 1. The standard InChI is InChI=1S/C20H17F2N3O2/c21-15-7-5-13(6-8-15)18-23-24-19(27-18)14-9-11-25(12-10-14)20(26)16-3-1-2-4-17(16)22/h1-8,14H,9-12H2. The Bertz CT molecular complexity index is 948. The second-order valence-electron chi connectivity index (χ2n) is 6.50. The number of amides is 1. The van der Waals surface area contributed by atoms with Gasteiger partial charge in [-0.1, -0.05) is 12.1 Å². The molecule has 1 aliphatic heterocycles. The summed E-state index contributed by atoms with van der Waals surface area (Å²) in [6, 6.07) is 11.8. The topological polar surface area (TPSA) is 59.2 Å². The zero-order valence-corrected chi connectivity index (χ0v) is 14.4. The van der Waals surface area contributed by atoms with Gasteiger partial charge in [0.1, 0.15) is 11.6 Å². The Kier molecular flexibility index (Phi) is 4.66. The van der Waals surface area contributed by atoms with Crippen molar-refractivity contribution < 1.29 is 18.0 Å². The van der Waals surface area contributed by atoms with Crippen molar-refractivity contribution in [3.8, 4) is 11.5 Å². The molecule has 0 aliphatic carbocycles. The molecule has 0 saturated carbocycles. The van der Waals surface area contributed by atoms with Crippen LogP contribution in [0.4, 0.5) is 8.78 Å². The van der Waals surface area contributed by atoms with Gasteiger partial charge < -0.3 is 9.32 Å². The minimum absolute atomic E-state index is 0.0383. The number of nitrogens with zero attached hydrogens (tertiary/aromatic N) is 3. The van der Waals surface area contributed by atoms with Gasteiger partial charge in [-0.25, -0.2) is 8.78 Å². The predicted molar refractivity (Wildman–Crippen MR) is 94.0 cm³/mol. The summed E-state index contributed by atoms with van der Waals surface area (Å²) < 4.78 is 32.6.